The van der Waals surface area contributed by atoms with E-state index in [4.69, 9.17) is 0 Å². The number of halogens is 1. The first-order valence-electron chi connectivity index (χ1n) is 5.24. The van der Waals surface area contributed by atoms with Gasteiger partial charge in [-0.25, -0.2) is 4.98 Å². The molecule has 0 radical (unpaired) electrons. The van der Waals surface area contributed by atoms with Crippen molar-refractivity contribution in [2.24, 2.45) is 0 Å². The van der Waals surface area contributed by atoms with Crippen LogP contribution in [0.3, 0.4) is 0 Å². The predicted molar refractivity (Wildman–Crippen MR) is 73.6 cm³/mol. The molecule has 2 N–H and O–H groups in total. The maximum absolute atomic E-state index is 11.3. The summed E-state index contributed by atoms with van der Waals surface area (Å²) in [5, 5.41) is 5.18. The van der Waals surface area contributed by atoms with E-state index in [-0.39, 0.29) is 5.56 Å². The summed E-state index contributed by atoms with van der Waals surface area (Å²) in [6.45, 7) is 2.63. The number of thiophene rings is 1. The van der Waals surface area contributed by atoms with Gasteiger partial charge in [-0.15, -0.1) is 11.3 Å². The molecule has 0 aliphatic rings. The molecule has 2 aromatic rings. The summed E-state index contributed by atoms with van der Waals surface area (Å²) in [5.74, 6) is 1.32. The summed E-state index contributed by atoms with van der Waals surface area (Å²) in [7, 11) is 0. The number of rotatable bonds is 4. The van der Waals surface area contributed by atoms with Crippen LogP contribution in [0.25, 0.3) is 0 Å². The number of aromatic amines is 1. The second-order valence-corrected chi connectivity index (χ2v) is 5.43. The molecule has 0 aromatic carbocycles. The molecule has 0 fully saturated rings. The van der Waals surface area contributed by atoms with Crippen LogP contribution in [0.2, 0.25) is 0 Å². The lowest BCUT2D eigenvalue weighted by Gasteiger charge is -2.04. The Balaban J connectivity index is 2.08. The van der Waals surface area contributed by atoms with Crippen molar-refractivity contribution in [1.29, 1.82) is 0 Å². The van der Waals surface area contributed by atoms with Crippen molar-refractivity contribution in [1.82, 2.24) is 9.97 Å². The number of hydrogen-bond acceptors (Lipinski definition) is 4. The van der Waals surface area contributed by atoms with Gasteiger partial charge in [0.25, 0.3) is 5.56 Å². The van der Waals surface area contributed by atoms with Crippen LogP contribution in [0.4, 0.5) is 5.82 Å². The van der Waals surface area contributed by atoms with Crippen molar-refractivity contribution in [3.63, 3.8) is 0 Å². The standard InChI is InChI=1S/C11H12BrN3OS/c1-2-9-14-10(4-11(16)15-9)13-5-8-3-7(12)6-17-8/h3-4,6H,2,5H2,1H3,(H2,13,14,15,16). The van der Waals surface area contributed by atoms with Crippen molar-refractivity contribution in [3.8, 4) is 0 Å². The molecule has 0 saturated heterocycles. The molecule has 2 rings (SSSR count). The van der Waals surface area contributed by atoms with Crippen molar-refractivity contribution >= 4 is 33.1 Å². The van der Waals surface area contributed by atoms with Crippen LogP contribution in [-0.2, 0) is 13.0 Å². The molecule has 0 aliphatic carbocycles. The van der Waals surface area contributed by atoms with Gasteiger partial charge in [-0.05, 0) is 22.0 Å². The minimum Gasteiger partial charge on any atom is -0.365 e. The molecular weight excluding hydrogens is 302 g/mol. The van der Waals surface area contributed by atoms with Gasteiger partial charge in [0.05, 0.1) is 6.54 Å². The van der Waals surface area contributed by atoms with Crippen molar-refractivity contribution in [2.75, 3.05) is 5.32 Å². The number of H-pyrrole nitrogens is 1. The third-order valence-electron chi connectivity index (χ3n) is 2.19. The van der Waals surface area contributed by atoms with Crippen molar-refractivity contribution in [2.45, 2.75) is 19.9 Å². The fourth-order valence-electron chi connectivity index (χ4n) is 1.39. The first-order valence-corrected chi connectivity index (χ1v) is 6.91. The molecule has 0 atom stereocenters. The molecule has 2 aromatic heterocycles. The van der Waals surface area contributed by atoms with Gasteiger partial charge in [-0.2, -0.15) is 0 Å². The van der Waals surface area contributed by atoms with E-state index in [1.165, 1.54) is 10.9 Å². The van der Waals surface area contributed by atoms with Gasteiger partial charge in [0, 0.05) is 27.2 Å². The summed E-state index contributed by atoms with van der Waals surface area (Å²) in [5.41, 5.74) is -0.119. The summed E-state index contributed by atoms with van der Waals surface area (Å²) in [4.78, 5) is 19.5. The largest absolute Gasteiger partial charge is 0.365 e. The lowest BCUT2D eigenvalue weighted by atomic mass is 10.4. The topological polar surface area (TPSA) is 57.8 Å². The first kappa shape index (κ1) is 12.3. The predicted octanol–water partition coefficient (Wildman–Crippen LogP) is 2.77. The highest BCUT2D eigenvalue weighted by molar-refractivity contribution is 9.10. The third-order valence-corrected chi connectivity index (χ3v) is 3.89. The van der Waals surface area contributed by atoms with Gasteiger partial charge < -0.3 is 10.3 Å². The van der Waals surface area contributed by atoms with Gasteiger partial charge in [0.15, 0.2) is 0 Å². The zero-order valence-electron chi connectivity index (χ0n) is 9.29. The van der Waals surface area contributed by atoms with E-state index in [1.54, 1.807) is 11.3 Å². The molecule has 90 valence electrons. The fraction of sp³-hybridized carbons (Fsp3) is 0.273. The molecule has 0 amide bonds. The SMILES string of the molecule is CCc1nc(NCc2cc(Br)cs2)cc(=O)[nH]1. The number of nitrogens with one attached hydrogen (secondary N) is 2. The lowest BCUT2D eigenvalue weighted by Crippen LogP contribution is -2.13. The van der Waals surface area contributed by atoms with Gasteiger partial charge in [-0.1, -0.05) is 6.92 Å². The van der Waals surface area contributed by atoms with E-state index in [2.05, 4.69) is 31.2 Å². The Bertz CT molecular complexity index is 564. The molecule has 4 nitrogen and oxygen atoms in total. The Labute approximate surface area is 111 Å². The van der Waals surface area contributed by atoms with E-state index in [9.17, 15) is 4.79 Å². The van der Waals surface area contributed by atoms with E-state index in [1.807, 2.05) is 18.4 Å². The van der Waals surface area contributed by atoms with Gasteiger partial charge in [-0.3, -0.25) is 4.79 Å². The molecule has 17 heavy (non-hydrogen) atoms. The monoisotopic (exact) mass is 313 g/mol. The molecule has 0 unspecified atom stereocenters. The summed E-state index contributed by atoms with van der Waals surface area (Å²) < 4.78 is 1.08. The smallest absolute Gasteiger partial charge is 0.252 e. The lowest BCUT2D eigenvalue weighted by molar-refractivity contribution is 0.916. The van der Waals surface area contributed by atoms with E-state index in [0.29, 0.717) is 18.2 Å². The summed E-state index contributed by atoms with van der Waals surface area (Å²) in [6, 6.07) is 3.52. The highest BCUT2D eigenvalue weighted by Crippen LogP contribution is 2.20. The van der Waals surface area contributed by atoms with Crippen LogP contribution < -0.4 is 10.9 Å². The minimum atomic E-state index is -0.119. The number of aromatic nitrogens is 2. The van der Waals surface area contributed by atoms with E-state index in [0.717, 1.165) is 10.9 Å². The Morgan fingerprint density at radius 1 is 1.53 bits per heavy atom. The molecule has 0 bridgehead atoms. The minimum absolute atomic E-state index is 0.119. The molecule has 6 heteroatoms. The normalized spacial score (nSPS) is 10.5. The number of nitrogens with zero attached hydrogens (tertiary/aromatic N) is 1. The molecule has 0 saturated carbocycles. The molecule has 0 aliphatic heterocycles. The van der Waals surface area contributed by atoms with Crippen LogP contribution in [0.1, 0.15) is 17.6 Å². The molecular formula is C11H12BrN3OS. The van der Waals surface area contributed by atoms with Gasteiger partial charge in [0.2, 0.25) is 0 Å². The summed E-state index contributed by atoms with van der Waals surface area (Å²) >= 11 is 5.06. The second kappa shape index (κ2) is 5.46. The van der Waals surface area contributed by atoms with Crippen molar-refractivity contribution < 1.29 is 0 Å². The molecule has 2 heterocycles. The number of anilines is 1. The zero-order chi connectivity index (χ0) is 12.3. The zero-order valence-corrected chi connectivity index (χ0v) is 11.7. The Morgan fingerprint density at radius 2 is 2.35 bits per heavy atom. The maximum atomic E-state index is 11.3. The van der Waals surface area contributed by atoms with Crippen LogP contribution in [-0.4, -0.2) is 9.97 Å². The Morgan fingerprint density at radius 3 is 3.00 bits per heavy atom. The number of hydrogen-bond donors (Lipinski definition) is 2. The van der Waals surface area contributed by atoms with Crippen LogP contribution >= 0.6 is 27.3 Å². The maximum Gasteiger partial charge on any atom is 0.252 e. The second-order valence-electron chi connectivity index (χ2n) is 3.52. The first-order chi connectivity index (χ1) is 8.17. The number of aryl methyl sites for hydroxylation is 1. The van der Waals surface area contributed by atoms with Crippen LogP contribution in [0.5, 0.6) is 0 Å². The quantitative estimate of drug-likeness (QED) is 0.912. The highest BCUT2D eigenvalue weighted by atomic mass is 79.9. The van der Waals surface area contributed by atoms with Crippen LogP contribution in [0, 0.1) is 0 Å². The Kier molecular flexibility index (Phi) is 3.96. The van der Waals surface area contributed by atoms with E-state index >= 15 is 0 Å². The van der Waals surface area contributed by atoms with Crippen LogP contribution in [0.15, 0.2) is 26.8 Å². The van der Waals surface area contributed by atoms with E-state index < -0.39 is 0 Å². The third kappa shape index (κ3) is 3.41. The molecule has 0 spiro atoms. The highest BCUT2D eigenvalue weighted by Gasteiger charge is 2.01. The van der Waals surface area contributed by atoms with Crippen molar-refractivity contribution in [3.05, 3.63) is 43.0 Å². The average molecular weight is 314 g/mol. The van der Waals surface area contributed by atoms with Gasteiger partial charge >= 0.3 is 0 Å². The fourth-order valence-corrected chi connectivity index (χ4v) is 2.78. The van der Waals surface area contributed by atoms with Gasteiger partial charge in [0.1, 0.15) is 11.6 Å². The average Bonchev–Trinajstić information content (AvgIpc) is 2.72. The summed E-state index contributed by atoms with van der Waals surface area (Å²) in [6.07, 6.45) is 0.718. The Hall–Kier alpha value is -1.14.